The predicted molar refractivity (Wildman–Crippen MR) is 107 cm³/mol. The molecule has 2 N–H and O–H groups in total. The van der Waals surface area contributed by atoms with Gasteiger partial charge >= 0.3 is 0 Å². The quantitative estimate of drug-likeness (QED) is 0.719. The number of pyridine rings is 1. The molecule has 2 aromatic carbocycles. The fraction of sp³-hybridized carbons (Fsp3) is 0.286. The van der Waals surface area contributed by atoms with Crippen LogP contribution in [0.3, 0.4) is 0 Å². The Bertz CT molecular complexity index is 1070. The standard InChI is InChI=1S/C21H23N3O2/c1-13-9-17-19(23(2)21(13)25)11-16(26-3)12-20(17)24-8-4-5-14-6-7-15(22)10-18(14)24/h6-7,9-12H,4-5,8,22H2,1-3H3. The van der Waals surface area contributed by atoms with Gasteiger partial charge in [0.2, 0.25) is 0 Å². The van der Waals surface area contributed by atoms with Gasteiger partial charge < -0.3 is 19.9 Å². The molecule has 0 spiro atoms. The predicted octanol–water partition coefficient (Wildman–Crippen LogP) is 3.52. The lowest BCUT2D eigenvalue weighted by Gasteiger charge is -2.33. The van der Waals surface area contributed by atoms with Gasteiger partial charge in [0.15, 0.2) is 0 Å². The normalized spacial score (nSPS) is 13.7. The third-order valence-corrected chi connectivity index (χ3v) is 5.23. The SMILES string of the molecule is COc1cc(N2CCCc3ccc(N)cc32)c2cc(C)c(=O)n(C)c2c1. The highest BCUT2D eigenvalue weighted by molar-refractivity contribution is 5.96. The van der Waals surface area contributed by atoms with E-state index in [4.69, 9.17) is 10.5 Å². The minimum Gasteiger partial charge on any atom is -0.497 e. The Balaban J connectivity index is 2.04. The number of anilines is 3. The monoisotopic (exact) mass is 349 g/mol. The highest BCUT2D eigenvalue weighted by atomic mass is 16.5. The van der Waals surface area contributed by atoms with E-state index < -0.39 is 0 Å². The smallest absolute Gasteiger partial charge is 0.253 e. The Morgan fingerprint density at radius 3 is 2.69 bits per heavy atom. The van der Waals surface area contributed by atoms with Crippen LogP contribution < -0.4 is 20.9 Å². The molecule has 0 amide bonds. The Kier molecular flexibility index (Phi) is 3.87. The second-order valence-electron chi connectivity index (χ2n) is 6.91. The van der Waals surface area contributed by atoms with Gasteiger partial charge in [-0.2, -0.15) is 0 Å². The number of benzene rings is 2. The van der Waals surface area contributed by atoms with E-state index >= 15 is 0 Å². The summed E-state index contributed by atoms with van der Waals surface area (Å²) in [5.41, 5.74) is 11.9. The molecule has 2 heterocycles. The van der Waals surface area contributed by atoms with Gasteiger partial charge in [0.05, 0.1) is 18.3 Å². The third kappa shape index (κ3) is 2.51. The van der Waals surface area contributed by atoms with E-state index in [0.29, 0.717) is 0 Å². The molecule has 0 unspecified atom stereocenters. The van der Waals surface area contributed by atoms with Crippen LogP contribution in [0.1, 0.15) is 17.5 Å². The number of nitrogen functional groups attached to an aromatic ring is 1. The largest absolute Gasteiger partial charge is 0.497 e. The summed E-state index contributed by atoms with van der Waals surface area (Å²) in [7, 11) is 3.46. The lowest BCUT2D eigenvalue weighted by molar-refractivity contribution is 0.415. The van der Waals surface area contributed by atoms with Gasteiger partial charge in [0.25, 0.3) is 5.56 Å². The maximum Gasteiger partial charge on any atom is 0.253 e. The molecule has 0 fully saturated rings. The zero-order valence-corrected chi connectivity index (χ0v) is 15.4. The summed E-state index contributed by atoms with van der Waals surface area (Å²) in [5.74, 6) is 0.738. The number of nitrogens with zero attached hydrogens (tertiary/aromatic N) is 2. The van der Waals surface area contributed by atoms with Crippen LogP contribution in [0.4, 0.5) is 17.1 Å². The van der Waals surface area contributed by atoms with E-state index in [1.165, 1.54) is 5.56 Å². The van der Waals surface area contributed by atoms with Gasteiger partial charge in [-0.3, -0.25) is 4.79 Å². The van der Waals surface area contributed by atoms with Crippen molar-refractivity contribution in [1.29, 1.82) is 0 Å². The molecule has 5 nitrogen and oxygen atoms in total. The van der Waals surface area contributed by atoms with Gasteiger partial charge in [-0.1, -0.05) is 6.07 Å². The zero-order valence-electron chi connectivity index (χ0n) is 15.4. The van der Waals surface area contributed by atoms with E-state index in [9.17, 15) is 4.79 Å². The Hall–Kier alpha value is -2.95. The third-order valence-electron chi connectivity index (χ3n) is 5.23. The van der Waals surface area contributed by atoms with Crippen LogP contribution >= 0.6 is 0 Å². The highest BCUT2D eigenvalue weighted by Gasteiger charge is 2.22. The van der Waals surface area contributed by atoms with Crippen molar-refractivity contribution in [2.45, 2.75) is 19.8 Å². The maximum absolute atomic E-state index is 12.4. The zero-order chi connectivity index (χ0) is 18.4. The minimum absolute atomic E-state index is 0.0139. The van der Waals surface area contributed by atoms with Crippen molar-refractivity contribution in [3.63, 3.8) is 0 Å². The summed E-state index contributed by atoms with van der Waals surface area (Å²) >= 11 is 0. The number of hydrogen-bond acceptors (Lipinski definition) is 4. The summed E-state index contributed by atoms with van der Waals surface area (Å²) in [4.78, 5) is 14.7. The van der Waals surface area contributed by atoms with Crippen LogP contribution in [0.2, 0.25) is 0 Å². The first-order chi connectivity index (χ1) is 12.5. The molecule has 1 aromatic heterocycles. The fourth-order valence-corrected chi connectivity index (χ4v) is 3.86. The summed E-state index contributed by atoms with van der Waals surface area (Å²) < 4.78 is 7.22. The van der Waals surface area contributed by atoms with Gasteiger partial charge in [-0.05, 0) is 43.5 Å². The molecule has 134 valence electrons. The Labute approximate surface area is 152 Å². The summed E-state index contributed by atoms with van der Waals surface area (Å²) in [5, 5.41) is 1.04. The number of methoxy groups -OCH3 is 1. The van der Waals surface area contributed by atoms with Crippen LogP contribution in [0, 0.1) is 6.92 Å². The van der Waals surface area contributed by atoms with Crippen LogP contribution in [0.15, 0.2) is 41.2 Å². The van der Waals surface area contributed by atoms with E-state index in [0.717, 1.165) is 58.7 Å². The van der Waals surface area contributed by atoms with Crippen LogP contribution in [-0.2, 0) is 13.5 Å². The summed E-state index contributed by atoms with van der Waals surface area (Å²) in [6.07, 6.45) is 2.12. The molecule has 0 atom stereocenters. The average Bonchev–Trinajstić information content (AvgIpc) is 2.65. The van der Waals surface area contributed by atoms with Crippen molar-refractivity contribution < 1.29 is 4.74 Å². The van der Waals surface area contributed by atoms with Gasteiger partial charge in [-0.15, -0.1) is 0 Å². The van der Waals surface area contributed by atoms with E-state index in [-0.39, 0.29) is 5.56 Å². The van der Waals surface area contributed by atoms with E-state index in [1.807, 2.05) is 44.3 Å². The van der Waals surface area contributed by atoms with Crippen molar-refractivity contribution in [2.24, 2.45) is 7.05 Å². The Morgan fingerprint density at radius 1 is 1.12 bits per heavy atom. The van der Waals surface area contributed by atoms with Crippen molar-refractivity contribution in [3.8, 4) is 5.75 Å². The van der Waals surface area contributed by atoms with Crippen LogP contribution in [0.5, 0.6) is 5.75 Å². The van der Waals surface area contributed by atoms with Crippen molar-refractivity contribution >= 4 is 28.0 Å². The molecule has 0 radical (unpaired) electrons. The Morgan fingerprint density at radius 2 is 1.92 bits per heavy atom. The first kappa shape index (κ1) is 16.5. The molecule has 0 saturated carbocycles. The molecule has 0 bridgehead atoms. The van der Waals surface area contributed by atoms with E-state index in [2.05, 4.69) is 11.0 Å². The minimum atomic E-state index is 0.0139. The number of nitrogens with two attached hydrogens (primary N) is 1. The molecule has 26 heavy (non-hydrogen) atoms. The molecule has 0 saturated heterocycles. The molecule has 3 aromatic rings. The average molecular weight is 349 g/mol. The highest BCUT2D eigenvalue weighted by Crippen LogP contribution is 2.40. The maximum atomic E-state index is 12.4. The van der Waals surface area contributed by atoms with Gasteiger partial charge in [0, 0.05) is 48.0 Å². The molecule has 4 rings (SSSR count). The first-order valence-corrected chi connectivity index (χ1v) is 8.84. The van der Waals surface area contributed by atoms with Crippen molar-refractivity contribution in [2.75, 3.05) is 24.3 Å². The number of rotatable bonds is 2. The lowest BCUT2D eigenvalue weighted by atomic mass is 9.99. The van der Waals surface area contributed by atoms with Crippen molar-refractivity contribution in [1.82, 2.24) is 4.57 Å². The van der Waals surface area contributed by atoms with Crippen LogP contribution in [-0.4, -0.2) is 18.2 Å². The van der Waals surface area contributed by atoms with Gasteiger partial charge in [0.1, 0.15) is 5.75 Å². The number of ether oxygens (including phenoxy) is 1. The molecular formula is C21H23N3O2. The topological polar surface area (TPSA) is 60.5 Å². The number of hydrogen-bond donors (Lipinski definition) is 1. The summed E-state index contributed by atoms with van der Waals surface area (Å²) in [6, 6.07) is 12.1. The molecule has 1 aliphatic heterocycles. The van der Waals surface area contributed by atoms with Crippen LogP contribution in [0.25, 0.3) is 10.9 Å². The van der Waals surface area contributed by atoms with Gasteiger partial charge in [-0.25, -0.2) is 0 Å². The lowest BCUT2D eigenvalue weighted by Crippen LogP contribution is -2.26. The molecule has 0 aliphatic carbocycles. The number of aryl methyl sites for hydroxylation is 3. The molecule has 5 heteroatoms. The fourth-order valence-electron chi connectivity index (χ4n) is 3.86. The molecular weight excluding hydrogens is 326 g/mol. The van der Waals surface area contributed by atoms with Crippen molar-refractivity contribution in [3.05, 3.63) is 57.9 Å². The summed E-state index contributed by atoms with van der Waals surface area (Å²) in [6.45, 7) is 2.76. The van der Waals surface area contributed by atoms with E-state index in [1.54, 1.807) is 11.7 Å². The second-order valence-corrected chi connectivity index (χ2v) is 6.91. The second kappa shape index (κ2) is 6.09. The number of aromatic nitrogens is 1. The molecule has 1 aliphatic rings. The first-order valence-electron chi connectivity index (χ1n) is 8.84. The number of fused-ring (bicyclic) bond motifs is 2.